The zero-order valence-electron chi connectivity index (χ0n) is 18.7. The highest BCUT2D eigenvalue weighted by atomic mass is 16.5. The SMILES string of the molecule is COC(=O)c1ccc(N2N=C(C)C(=Cc3cn(C(C)C(=O)OC)c4ccccc34)C2=O)cc1. The van der Waals surface area contributed by atoms with Gasteiger partial charge in [0.25, 0.3) is 5.91 Å². The summed E-state index contributed by atoms with van der Waals surface area (Å²) in [7, 11) is 2.67. The number of hydrogen-bond acceptors (Lipinski definition) is 6. The molecule has 8 nitrogen and oxygen atoms in total. The molecule has 3 aromatic rings. The van der Waals surface area contributed by atoms with Crippen molar-refractivity contribution in [2.45, 2.75) is 19.9 Å². The van der Waals surface area contributed by atoms with Crippen LogP contribution in [0.25, 0.3) is 17.0 Å². The Morgan fingerprint density at radius 1 is 1.03 bits per heavy atom. The van der Waals surface area contributed by atoms with Gasteiger partial charge in [-0.05, 0) is 50.3 Å². The highest BCUT2D eigenvalue weighted by Crippen LogP contribution is 2.30. The molecule has 33 heavy (non-hydrogen) atoms. The van der Waals surface area contributed by atoms with Crippen LogP contribution in [0.4, 0.5) is 5.69 Å². The van der Waals surface area contributed by atoms with E-state index < -0.39 is 12.0 Å². The summed E-state index contributed by atoms with van der Waals surface area (Å²) in [6.45, 7) is 3.53. The van der Waals surface area contributed by atoms with Crippen molar-refractivity contribution in [3.8, 4) is 0 Å². The minimum absolute atomic E-state index is 0.281. The van der Waals surface area contributed by atoms with Gasteiger partial charge in [-0.2, -0.15) is 10.1 Å². The van der Waals surface area contributed by atoms with Crippen molar-refractivity contribution in [1.82, 2.24) is 4.57 Å². The molecule has 0 saturated carbocycles. The second-order valence-electron chi connectivity index (χ2n) is 7.61. The number of ether oxygens (including phenoxy) is 2. The molecular formula is C25H23N3O5. The zero-order valence-corrected chi connectivity index (χ0v) is 18.7. The van der Waals surface area contributed by atoms with Gasteiger partial charge in [-0.3, -0.25) is 4.79 Å². The highest BCUT2D eigenvalue weighted by molar-refractivity contribution is 6.32. The molecule has 1 unspecified atom stereocenters. The number of amides is 1. The third-order valence-electron chi connectivity index (χ3n) is 5.63. The van der Waals surface area contributed by atoms with Crippen molar-refractivity contribution < 1.29 is 23.9 Å². The van der Waals surface area contributed by atoms with Crippen LogP contribution in [0.15, 0.2) is 65.4 Å². The first-order chi connectivity index (χ1) is 15.8. The lowest BCUT2D eigenvalue weighted by Crippen LogP contribution is -2.21. The molecule has 0 saturated heterocycles. The Hall–Kier alpha value is -4.20. The van der Waals surface area contributed by atoms with E-state index in [9.17, 15) is 14.4 Å². The maximum Gasteiger partial charge on any atom is 0.337 e. The molecule has 0 aliphatic carbocycles. The number of hydrazone groups is 1. The topological polar surface area (TPSA) is 90.2 Å². The van der Waals surface area contributed by atoms with Gasteiger partial charge in [-0.25, -0.2) is 9.59 Å². The van der Waals surface area contributed by atoms with E-state index in [-0.39, 0.29) is 11.9 Å². The number of carbonyl (C=O) groups excluding carboxylic acids is 3. The van der Waals surface area contributed by atoms with Crippen LogP contribution in [0.5, 0.6) is 0 Å². The minimum atomic E-state index is -0.522. The molecule has 8 heteroatoms. The lowest BCUT2D eigenvalue weighted by Gasteiger charge is -2.12. The van der Waals surface area contributed by atoms with E-state index in [1.165, 1.54) is 19.2 Å². The number of methoxy groups -OCH3 is 2. The van der Waals surface area contributed by atoms with E-state index in [0.29, 0.717) is 22.5 Å². The lowest BCUT2D eigenvalue weighted by atomic mass is 10.1. The standard InChI is InChI=1S/C25H23N3O5/c1-15-21(23(29)28(26-15)19-11-9-17(10-12-19)25(31)33-4)13-18-14-27(16(2)24(30)32-3)22-8-6-5-7-20(18)22/h5-14,16H,1-4H3. The molecule has 0 fully saturated rings. The Morgan fingerprint density at radius 3 is 2.39 bits per heavy atom. The quantitative estimate of drug-likeness (QED) is 0.438. The van der Waals surface area contributed by atoms with Crippen LogP contribution >= 0.6 is 0 Å². The number of aromatic nitrogens is 1. The van der Waals surface area contributed by atoms with Crippen LogP contribution in [0.3, 0.4) is 0 Å². The number of nitrogens with zero attached hydrogens (tertiary/aromatic N) is 3. The fraction of sp³-hybridized carbons (Fsp3) is 0.200. The maximum absolute atomic E-state index is 13.2. The van der Waals surface area contributed by atoms with Gasteiger partial charge in [0.05, 0.1) is 36.8 Å². The van der Waals surface area contributed by atoms with Gasteiger partial charge in [-0.1, -0.05) is 18.2 Å². The molecule has 1 aliphatic rings. The Morgan fingerprint density at radius 2 is 1.73 bits per heavy atom. The molecule has 1 aromatic heterocycles. The fourth-order valence-corrected chi connectivity index (χ4v) is 3.82. The zero-order chi connectivity index (χ0) is 23.7. The van der Waals surface area contributed by atoms with Gasteiger partial charge in [0, 0.05) is 22.7 Å². The van der Waals surface area contributed by atoms with Crippen LogP contribution < -0.4 is 5.01 Å². The summed E-state index contributed by atoms with van der Waals surface area (Å²) in [5.74, 6) is -1.09. The van der Waals surface area contributed by atoms with Crippen LogP contribution in [0, 0.1) is 0 Å². The number of esters is 2. The van der Waals surface area contributed by atoms with Crippen LogP contribution in [0.2, 0.25) is 0 Å². The van der Waals surface area contributed by atoms with Crippen molar-refractivity contribution >= 4 is 46.2 Å². The van der Waals surface area contributed by atoms with E-state index in [1.54, 1.807) is 44.2 Å². The van der Waals surface area contributed by atoms with Crippen molar-refractivity contribution in [2.75, 3.05) is 19.2 Å². The average molecular weight is 445 g/mol. The predicted octanol–water partition coefficient (Wildman–Crippen LogP) is 3.97. The summed E-state index contributed by atoms with van der Waals surface area (Å²) in [5.41, 5.74) is 3.59. The Kier molecular flexibility index (Phi) is 5.83. The molecule has 0 radical (unpaired) electrons. The fourth-order valence-electron chi connectivity index (χ4n) is 3.82. The molecule has 0 spiro atoms. The molecule has 0 N–H and O–H groups in total. The lowest BCUT2D eigenvalue weighted by molar-refractivity contribution is -0.143. The van der Waals surface area contributed by atoms with Gasteiger partial charge in [0.1, 0.15) is 6.04 Å². The second-order valence-corrected chi connectivity index (χ2v) is 7.61. The Balaban J connectivity index is 1.71. The van der Waals surface area contributed by atoms with E-state index >= 15 is 0 Å². The van der Waals surface area contributed by atoms with Gasteiger partial charge in [0.15, 0.2) is 0 Å². The molecular weight excluding hydrogens is 422 g/mol. The molecule has 1 amide bonds. The van der Waals surface area contributed by atoms with Crippen LogP contribution in [-0.4, -0.2) is 42.3 Å². The average Bonchev–Trinajstić information content (AvgIpc) is 3.35. The van der Waals surface area contributed by atoms with E-state index in [1.807, 2.05) is 35.0 Å². The van der Waals surface area contributed by atoms with Gasteiger partial charge >= 0.3 is 11.9 Å². The largest absolute Gasteiger partial charge is 0.467 e. The number of carbonyl (C=O) groups is 3. The highest BCUT2D eigenvalue weighted by Gasteiger charge is 2.29. The molecule has 168 valence electrons. The Labute approximate surface area is 190 Å². The first-order valence-corrected chi connectivity index (χ1v) is 10.3. The normalized spacial score (nSPS) is 15.6. The predicted molar refractivity (Wildman–Crippen MR) is 125 cm³/mol. The molecule has 1 atom stereocenters. The number of benzene rings is 2. The Bertz CT molecular complexity index is 1320. The van der Waals surface area contributed by atoms with Crippen molar-refractivity contribution in [2.24, 2.45) is 5.10 Å². The summed E-state index contributed by atoms with van der Waals surface area (Å²) in [5, 5.41) is 6.62. The second kappa shape index (κ2) is 8.74. The number of fused-ring (bicyclic) bond motifs is 1. The van der Waals surface area contributed by atoms with E-state index in [2.05, 4.69) is 5.10 Å². The summed E-state index contributed by atoms with van der Waals surface area (Å²) < 4.78 is 11.4. The summed E-state index contributed by atoms with van der Waals surface area (Å²) >= 11 is 0. The summed E-state index contributed by atoms with van der Waals surface area (Å²) in [6.07, 6.45) is 3.63. The third-order valence-corrected chi connectivity index (χ3v) is 5.63. The number of rotatable bonds is 5. The first kappa shape index (κ1) is 22.0. The van der Waals surface area contributed by atoms with E-state index in [4.69, 9.17) is 9.47 Å². The number of hydrogen-bond donors (Lipinski definition) is 0. The monoisotopic (exact) mass is 445 g/mol. The van der Waals surface area contributed by atoms with Crippen molar-refractivity contribution in [1.29, 1.82) is 0 Å². The van der Waals surface area contributed by atoms with E-state index in [0.717, 1.165) is 16.5 Å². The molecule has 0 bridgehead atoms. The smallest absolute Gasteiger partial charge is 0.337 e. The van der Waals surface area contributed by atoms with Gasteiger partial charge in [0.2, 0.25) is 0 Å². The minimum Gasteiger partial charge on any atom is -0.467 e. The van der Waals surface area contributed by atoms with Gasteiger partial charge in [-0.15, -0.1) is 0 Å². The van der Waals surface area contributed by atoms with Crippen molar-refractivity contribution in [3.63, 3.8) is 0 Å². The first-order valence-electron chi connectivity index (χ1n) is 10.3. The number of para-hydroxylation sites is 1. The van der Waals surface area contributed by atoms with Gasteiger partial charge < -0.3 is 14.0 Å². The van der Waals surface area contributed by atoms with Crippen molar-refractivity contribution in [3.05, 3.63) is 71.4 Å². The number of anilines is 1. The molecule has 4 rings (SSSR count). The summed E-state index contributed by atoms with van der Waals surface area (Å²) in [6, 6.07) is 13.6. The summed E-state index contributed by atoms with van der Waals surface area (Å²) in [4.78, 5) is 37.0. The van der Waals surface area contributed by atoms with Crippen LogP contribution in [0.1, 0.15) is 35.8 Å². The third kappa shape index (κ3) is 3.91. The maximum atomic E-state index is 13.2. The molecule has 1 aliphatic heterocycles. The molecule has 2 heterocycles. The molecule has 2 aromatic carbocycles. The van der Waals surface area contributed by atoms with Crippen LogP contribution in [-0.2, 0) is 19.1 Å².